The third kappa shape index (κ3) is 8.87. The number of nitrogens with zero attached hydrogens (tertiary/aromatic N) is 1. The molecule has 112 valence electrons. The minimum atomic E-state index is -0.00671. The van der Waals surface area contributed by atoms with E-state index in [0.29, 0.717) is 0 Å². The normalized spacial score (nSPS) is 15.6. The summed E-state index contributed by atoms with van der Waals surface area (Å²) in [5.74, 6) is 0. The van der Waals surface area contributed by atoms with Crippen molar-refractivity contribution in [1.29, 1.82) is 0 Å². The van der Waals surface area contributed by atoms with E-state index in [1.807, 2.05) is 0 Å². The number of hydrogen-bond donors (Lipinski definition) is 2. The highest BCUT2D eigenvalue weighted by molar-refractivity contribution is 5.73. The number of amides is 2. The summed E-state index contributed by atoms with van der Waals surface area (Å²) in [7, 11) is 0. The molecule has 4 heteroatoms. The van der Waals surface area contributed by atoms with Gasteiger partial charge in [-0.05, 0) is 32.4 Å². The molecule has 0 atom stereocenters. The topological polar surface area (TPSA) is 44.4 Å². The molecule has 1 fully saturated rings. The molecule has 0 aromatic rings. The highest BCUT2D eigenvalue weighted by atomic mass is 16.2. The van der Waals surface area contributed by atoms with Crippen molar-refractivity contribution in [1.82, 2.24) is 15.5 Å². The monoisotopic (exact) mass is 269 g/mol. The number of rotatable bonds is 10. The molecular formula is C15H31N3O. The summed E-state index contributed by atoms with van der Waals surface area (Å²) in [5, 5.41) is 5.86. The van der Waals surface area contributed by atoms with E-state index in [9.17, 15) is 4.79 Å². The molecule has 0 bridgehead atoms. The van der Waals surface area contributed by atoms with Gasteiger partial charge < -0.3 is 15.5 Å². The molecule has 0 aliphatic carbocycles. The van der Waals surface area contributed by atoms with Crippen molar-refractivity contribution in [2.75, 3.05) is 32.7 Å². The first-order valence-corrected chi connectivity index (χ1v) is 8.07. The predicted molar refractivity (Wildman–Crippen MR) is 80.5 cm³/mol. The van der Waals surface area contributed by atoms with Gasteiger partial charge in [-0.3, -0.25) is 0 Å². The quantitative estimate of drug-likeness (QED) is 0.599. The van der Waals surface area contributed by atoms with E-state index < -0.39 is 0 Å². The molecule has 0 radical (unpaired) electrons. The van der Waals surface area contributed by atoms with E-state index in [1.54, 1.807) is 0 Å². The van der Waals surface area contributed by atoms with Crippen LogP contribution >= 0.6 is 0 Å². The molecule has 0 aromatic heterocycles. The molecule has 0 aromatic carbocycles. The summed E-state index contributed by atoms with van der Waals surface area (Å²) in [4.78, 5) is 13.9. The van der Waals surface area contributed by atoms with E-state index in [1.165, 1.54) is 58.0 Å². The number of likely N-dealkylation sites (tertiary alicyclic amines) is 1. The lowest BCUT2D eigenvalue weighted by Crippen LogP contribution is -2.40. The van der Waals surface area contributed by atoms with Gasteiger partial charge in [-0.25, -0.2) is 4.79 Å². The molecule has 0 unspecified atom stereocenters. The molecular weight excluding hydrogens is 238 g/mol. The van der Waals surface area contributed by atoms with Gasteiger partial charge in [0.15, 0.2) is 0 Å². The van der Waals surface area contributed by atoms with Crippen molar-refractivity contribution >= 4 is 6.03 Å². The Hall–Kier alpha value is -0.770. The molecule has 1 rings (SSSR count). The Morgan fingerprint density at radius 3 is 2.32 bits per heavy atom. The van der Waals surface area contributed by atoms with Gasteiger partial charge in [0.25, 0.3) is 0 Å². The zero-order valence-corrected chi connectivity index (χ0v) is 12.5. The molecule has 1 saturated heterocycles. The van der Waals surface area contributed by atoms with Crippen LogP contribution in [0.25, 0.3) is 0 Å². The van der Waals surface area contributed by atoms with Gasteiger partial charge in [0, 0.05) is 19.6 Å². The Labute approximate surface area is 118 Å². The largest absolute Gasteiger partial charge is 0.338 e. The van der Waals surface area contributed by atoms with Crippen molar-refractivity contribution in [3.63, 3.8) is 0 Å². The number of nitrogens with one attached hydrogen (secondary N) is 2. The van der Waals surface area contributed by atoms with Gasteiger partial charge >= 0.3 is 6.03 Å². The minimum absolute atomic E-state index is 0.00671. The summed E-state index contributed by atoms with van der Waals surface area (Å²) in [5.41, 5.74) is 0. The van der Waals surface area contributed by atoms with Crippen LogP contribution in [0, 0.1) is 0 Å². The van der Waals surface area contributed by atoms with Crippen molar-refractivity contribution in [2.45, 2.75) is 58.3 Å². The highest BCUT2D eigenvalue weighted by Crippen LogP contribution is 2.05. The number of unbranched alkanes of at least 4 members (excludes halogenated alkanes) is 5. The van der Waals surface area contributed by atoms with E-state index in [4.69, 9.17) is 0 Å². The summed E-state index contributed by atoms with van der Waals surface area (Å²) in [6, 6.07) is -0.00671. The van der Waals surface area contributed by atoms with Crippen LogP contribution in [0.15, 0.2) is 0 Å². The second kappa shape index (κ2) is 11.1. The summed E-state index contributed by atoms with van der Waals surface area (Å²) < 4.78 is 0. The zero-order chi connectivity index (χ0) is 13.8. The molecule has 1 heterocycles. The third-order valence-electron chi connectivity index (χ3n) is 3.73. The van der Waals surface area contributed by atoms with Gasteiger partial charge in [-0.15, -0.1) is 0 Å². The van der Waals surface area contributed by atoms with Crippen LogP contribution in [0.4, 0.5) is 4.79 Å². The molecule has 2 N–H and O–H groups in total. The van der Waals surface area contributed by atoms with Crippen LogP contribution in [-0.4, -0.2) is 43.7 Å². The van der Waals surface area contributed by atoms with Crippen LogP contribution in [0.2, 0.25) is 0 Å². The van der Waals surface area contributed by atoms with Crippen LogP contribution in [0.1, 0.15) is 58.3 Å². The van der Waals surface area contributed by atoms with Crippen molar-refractivity contribution in [2.24, 2.45) is 0 Å². The number of carbonyl (C=O) groups is 1. The molecule has 0 saturated carbocycles. The smallest absolute Gasteiger partial charge is 0.314 e. The van der Waals surface area contributed by atoms with E-state index in [0.717, 1.165) is 26.1 Å². The fourth-order valence-corrected chi connectivity index (χ4v) is 2.50. The Kier molecular flexibility index (Phi) is 9.51. The number of carbonyl (C=O) groups excluding carboxylic acids is 1. The minimum Gasteiger partial charge on any atom is -0.338 e. The van der Waals surface area contributed by atoms with E-state index in [-0.39, 0.29) is 6.03 Å². The number of urea groups is 1. The van der Waals surface area contributed by atoms with E-state index in [2.05, 4.69) is 22.5 Å². The Morgan fingerprint density at radius 2 is 1.58 bits per heavy atom. The predicted octanol–water partition coefficient (Wildman–Crippen LogP) is 2.74. The highest BCUT2D eigenvalue weighted by Gasteiger charge is 2.10. The summed E-state index contributed by atoms with van der Waals surface area (Å²) in [6.07, 6.45) is 10.2. The van der Waals surface area contributed by atoms with Gasteiger partial charge in [0.05, 0.1) is 0 Å². The second-order valence-electron chi connectivity index (χ2n) is 5.50. The van der Waals surface area contributed by atoms with Crippen molar-refractivity contribution in [3.05, 3.63) is 0 Å². The Balaban J connectivity index is 1.82. The zero-order valence-electron chi connectivity index (χ0n) is 12.5. The lowest BCUT2D eigenvalue weighted by molar-refractivity contribution is 0.238. The van der Waals surface area contributed by atoms with Gasteiger partial charge in [-0.1, -0.05) is 39.0 Å². The molecule has 0 spiro atoms. The summed E-state index contributed by atoms with van der Waals surface area (Å²) >= 11 is 0. The SMILES string of the molecule is CCCCCCCCNC(=O)NCCN1CCCC1. The van der Waals surface area contributed by atoms with Crippen LogP contribution in [0.5, 0.6) is 0 Å². The standard InChI is InChI=1S/C15H31N3O/c1-2-3-4-5-6-7-10-16-15(19)17-11-14-18-12-8-9-13-18/h2-14H2,1H3,(H2,16,17,19). The maximum absolute atomic E-state index is 11.5. The first-order chi connectivity index (χ1) is 9.33. The molecule has 4 nitrogen and oxygen atoms in total. The fourth-order valence-electron chi connectivity index (χ4n) is 2.50. The van der Waals surface area contributed by atoms with Crippen LogP contribution in [-0.2, 0) is 0 Å². The Bertz CT molecular complexity index is 227. The van der Waals surface area contributed by atoms with Crippen LogP contribution < -0.4 is 10.6 Å². The first-order valence-electron chi connectivity index (χ1n) is 8.07. The lowest BCUT2D eigenvalue weighted by Gasteiger charge is -2.14. The summed E-state index contributed by atoms with van der Waals surface area (Å²) in [6.45, 7) is 7.19. The van der Waals surface area contributed by atoms with Gasteiger partial charge in [-0.2, -0.15) is 0 Å². The molecule has 19 heavy (non-hydrogen) atoms. The maximum Gasteiger partial charge on any atom is 0.314 e. The van der Waals surface area contributed by atoms with E-state index >= 15 is 0 Å². The second-order valence-corrected chi connectivity index (χ2v) is 5.50. The lowest BCUT2D eigenvalue weighted by atomic mass is 10.1. The first kappa shape index (κ1) is 16.3. The van der Waals surface area contributed by atoms with Crippen LogP contribution in [0.3, 0.4) is 0 Å². The Morgan fingerprint density at radius 1 is 0.947 bits per heavy atom. The van der Waals surface area contributed by atoms with Gasteiger partial charge in [0.1, 0.15) is 0 Å². The fraction of sp³-hybridized carbons (Fsp3) is 0.933. The molecule has 1 aliphatic heterocycles. The van der Waals surface area contributed by atoms with Crippen molar-refractivity contribution < 1.29 is 4.79 Å². The maximum atomic E-state index is 11.5. The third-order valence-corrected chi connectivity index (χ3v) is 3.73. The van der Waals surface area contributed by atoms with Crippen molar-refractivity contribution in [3.8, 4) is 0 Å². The van der Waals surface area contributed by atoms with Gasteiger partial charge in [0.2, 0.25) is 0 Å². The average Bonchev–Trinajstić information content (AvgIpc) is 2.91. The molecule has 1 aliphatic rings. The average molecular weight is 269 g/mol. The number of hydrogen-bond acceptors (Lipinski definition) is 2. The molecule has 2 amide bonds.